The zero-order chi connectivity index (χ0) is 16.0. The second-order valence-electron chi connectivity index (χ2n) is 13.0. The number of nitrogens with two attached hydrogens (primary N) is 3. The molecule has 0 radical (unpaired) electrons. The molecule has 6 heteroatoms. The van der Waals surface area contributed by atoms with Crippen LogP contribution in [0.4, 0.5) is 17.5 Å². The van der Waals surface area contributed by atoms with E-state index in [1.807, 2.05) is 12.1 Å². The number of fused-ring (bicyclic) bond motifs is 11. The van der Waals surface area contributed by atoms with Crippen molar-refractivity contribution in [2.45, 2.75) is 54.1 Å². The predicted octanol–water partition coefficient (Wildman–Crippen LogP) is 3.68. The number of hydrogen-bond donors (Lipinski definition) is 3. The first kappa shape index (κ1) is 9.98. The molecule has 0 aliphatic carbocycles. The quantitative estimate of drug-likeness (QED) is 0.550. The van der Waals surface area contributed by atoms with Gasteiger partial charge in [0.1, 0.15) is 0 Å². The van der Waals surface area contributed by atoms with Crippen LogP contribution < -0.4 is 17.2 Å². The summed E-state index contributed by atoms with van der Waals surface area (Å²) in [6.45, 7) is -3.10. The van der Waals surface area contributed by atoms with Crippen LogP contribution in [0.1, 0.15) is 5.56 Å². The van der Waals surface area contributed by atoms with Gasteiger partial charge in [0.05, 0.1) is 0 Å². The number of anilines is 3. The van der Waals surface area contributed by atoms with Crippen LogP contribution in [0.15, 0.2) is 12.1 Å². The molecule has 10 aliphatic heterocycles. The van der Waals surface area contributed by atoms with E-state index in [-0.39, 0.29) is 5.95 Å². The van der Waals surface area contributed by atoms with Gasteiger partial charge in [-0.25, -0.2) is 0 Å². The van der Waals surface area contributed by atoms with E-state index in [1.54, 1.807) is 0 Å². The van der Waals surface area contributed by atoms with Crippen molar-refractivity contribution in [1.82, 2.24) is 9.97 Å². The van der Waals surface area contributed by atoms with Gasteiger partial charge in [-0.3, -0.25) is 0 Å². The van der Waals surface area contributed by atoms with Crippen molar-refractivity contribution in [3.63, 3.8) is 0 Å². The first-order chi connectivity index (χ1) is 11.8. The Morgan fingerprint density at radius 1 is 0.880 bits per heavy atom. The fourth-order valence-electron chi connectivity index (χ4n) is 19.0. The summed E-state index contributed by atoms with van der Waals surface area (Å²) in [7, 11) is 0. The van der Waals surface area contributed by atoms with Crippen molar-refractivity contribution in [2.24, 2.45) is 0 Å². The number of hydrogen-bond acceptors (Lipinski definition) is 5. The molecule has 1 spiro atoms. The second-order valence-corrected chi connectivity index (χ2v) is 36.7. The van der Waals surface area contributed by atoms with Crippen molar-refractivity contribution in [3.8, 4) is 0 Å². The summed E-state index contributed by atoms with van der Waals surface area (Å²) in [6.07, 6.45) is 1.22. The minimum atomic E-state index is -3.10. The monoisotopic (exact) mass is 373 g/mol. The first-order valence-electron chi connectivity index (χ1n) is 9.64. The molecular weight excluding hydrogens is 354 g/mol. The van der Waals surface area contributed by atoms with Crippen molar-refractivity contribution in [3.05, 3.63) is 17.7 Å². The van der Waals surface area contributed by atoms with Gasteiger partial charge in [0, 0.05) is 0 Å². The molecule has 128 valence electrons. The Morgan fingerprint density at radius 3 is 2.04 bits per heavy atom. The zero-order valence-electron chi connectivity index (χ0n) is 13.5. The molecule has 25 heavy (non-hydrogen) atoms. The van der Waals surface area contributed by atoms with Crippen LogP contribution in [-0.2, 0) is 12.9 Å². The molecule has 0 saturated carbocycles. The summed E-state index contributed by atoms with van der Waals surface area (Å²) in [5.41, 5.74) is 21.7. The molecule has 12 rings (SSSR count). The van der Waals surface area contributed by atoms with E-state index >= 15 is 0 Å². The van der Waals surface area contributed by atoms with E-state index in [2.05, 4.69) is 9.97 Å². The van der Waals surface area contributed by atoms with Crippen LogP contribution in [-0.4, -0.2) is 9.97 Å². The third-order valence-electron chi connectivity index (χ3n) is 17.5. The number of rotatable bonds is 2. The Balaban J connectivity index is 1.24. The maximum absolute atomic E-state index is 6.52. The molecule has 10 fully saturated rings. The molecule has 10 aliphatic rings. The van der Waals surface area contributed by atoms with Gasteiger partial charge in [-0.15, -0.1) is 0 Å². The van der Waals surface area contributed by atoms with Crippen LogP contribution in [0, 0.1) is 0 Å². The Morgan fingerprint density at radius 2 is 1.52 bits per heavy atom. The fourth-order valence-corrected chi connectivity index (χ4v) is 93.8. The molecule has 2 aromatic rings. The number of aromatic nitrogens is 2. The molecule has 11 heterocycles. The molecule has 6 N–H and O–H groups in total. The van der Waals surface area contributed by atoms with E-state index in [0.29, 0.717) is 5.82 Å². The SMILES string of the molecule is Nc1nc(N)c2c(C[C]34[CH]5[CH]6[CH]7[CH]3[Fe]6754389%10[CH]4[CH]3[CH]8[CH]9[CH]4%10)c(N)ccc2n1. The summed E-state index contributed by atoms with van der Waals surface area (Å²) in [5.74, 6) is 0.787. The average Bonchev–Trinajstić information content (AvgIpc) is 3.51. The van der Waals surface area contributed by atoms with E-state index in [9.17, 15) is 0 Å². The van der Waals surface area contributed by atoms with Crippen LogP contribution in [0.3, 0.4) is 0 Å². The molecule has 1 aromatic heterocycles. The maximum atomic E-state index is 6.52. The van der Waals surface area contributed by atoms with Gasteiger partial charge in [0.15, 0.2) is 0 Å². The summed E-state index contributed by atoms with van der Waals surface area (Å²) < 4.78 is 0.801. The summed E-state index contributed by atoms with van der Waals surface area (Å²) in [6, 6.07) is 3.98. The van der Waals surface area contributed by atoms with Crippen molar-refractivity contribution in [2.75, 3.05) is 17.2 Å². The van der Waals surface area contributed by atoms with Gasteiger partial charge in [0.25, 0.3) is 0 Å². The number of benzene rings is 1. The number of nitrogens with zero attached hydrogens (tertiary/aromatic N) is 2. The van der Waals surface area contributed by atoms with Gasteiger partial charge in [-0.1, -0.05) is 0 Å². The Bertz CT molecular complexity index is 1520. The third kappa shape index (κ3) is 0.156. The van der Waals surface area contributed by atoms with E-state index < -0.39 is 6.51 Å². The average molecular weight is 373 g/mol. The van der Waals surface area contributed by atoms with Crippen LogP contribution in [0.2, 0.25) is 47.7 Å². The Hall–Kier alpha value is -1.52. The van der Waals surface area contributed by atoms with E-state index in [4.69, 9.17) is 17.2 Å². The fraction of sp³-hybridized carbons (Fsp3) is 0.579. The predicted molar refractivity (Wildman–Crippen MR) is 92.9 cm³/mol. The van der Waals surface area contributed by atoms with Gasteiger partial charge < -0.3 is 0 Å². The standard InChI is InChI=1S/C14H14N5.C5H5.Fe/c15-10-5-6-11-12(13(16)19-14(17)18-11)9(10)7-8-3-1-2-4-8;1-2-4-5-3-1;/h1-6H,7,15H2,(H4,16,17,18,19);1-5H;. The molecular formula is C19H19FeN5. The molecule has 0 amide bonds. The van der Waals surface area contributed by atoms with Gasteiger partial charge in [-0.05, 0) is 0 Å². The molecule has 4 atom stereocenters. The molecule has 10 saturated heterocycles. The molecule has 5 nitrogen and oxygen atoms in total. The second kappa shape index (κ2) is 1.05. The van der Waals surface area contributed by atoms with E-state index in [1.165, 1.54) is 55.3 Å². The summed E-state index contributed by atoms with van der Waals surface area (Å²) in [4.78, 5) is 20.6. The van der Waals surface area contributed by atoms with Crippen LogP contribution in [0.5, 0.6) is 0 Å². The summed E-state index contributed by atoms with van der Waals surface area (Å²) in [5, 5.41) is 1.00. The number of nitrogen functional groups attached to an aromatic ring is 3. The van der Waals surface area contributed by atoms with Gasteiger partial charge in [-0.2, -0.15) is 0 Å². The summed E-state index contributed by atoms with van der Waals surface area (Å²) >= 11 is 0. The van der Waals surface area contributed by atoms with Crippen molar-refractivity contribution < 1.29 is 6.51 Å². The van der Waals surface area contributed by atoms with Crippen LogP contribution >= 0.6 is 0 Å². The van der Waals surface area contributed by atoms with Gasteiger partial charge >= 0.3 is 134 Å². The normalized spacial score (nSPS) is 84.9. The van der Waals surface area contributed by atoms with Crippen LogP contribution in [0.25, 0.3) is 10.9 Å². The Kier molecular flexibility index (Phi) is 0.418. The van der Waals surface area contributed by atoms with E-state index in [0.717, 1.165) is 20.9 Å². The third-order valence-corrected chi connectivity index (χ3v) is 60.4. The van der Waals surface area contributed by atoms with Crippen molar-refractivity contribution in [1.29, 1.82) is 0 Å². The van der Waals surface area contributed by atoms with Crippen molar-refractivity contribution >= 4 is 28.4 Å². The molecule has 1 aromatic carbocycles. The Labute approximate surface area is 134 Å². The molecule has 0 bridgehead atoms. The molecule has 4 unspecified atom stereocenters. The topological polar surface area (TPSA) is 104 Å². The zero-order valence-corrected chi connectivity index (χ0v) is 14.6. The minimum absolute atomic E-state index is 0.263. The first-order valence-corrected chi connectivity index (χ1v) is 15.9. The van der Waals surface area contributed by atoms with Gasteiger partial charge in [0.2, 0.25) is 0 Å².